The van der Waals surface area contributed by atoms with Crippen molar-refractivity contribution in [2.45, 2.75) is 13.0 Å². The van der Waals surface area contributed by atoms with Crippen LogP contribution in [0.1, 0.15) is 17.2 Å². The molecule has 0 aromatic heterocycles. The minimum Gasteiger partial charge on any atom is -0.496 e. The van der Waals surface area contributed by atoms with Crippen molar-refractivity contribution in [2.75, 3.05) is 26.8 Å². The van der Waals surface area contributed by atoms with Gasteiger partial charge in [0.25, 0.3) is 0 Å². The summed E-state index contributed by atoms with van der Waals surface area (Å²) in [7, 11) is 1.56. The molecule has 0 amide bonds. The Balaban J connectivity index is 2.40. The molecule has 0 bridgehead atoms. The first-order valence-electron chi connectivity index (χ1n) is 5.39. The highest BCUT2D eigenvalue weighted by Gasteiger charge is 2.24. The Bertz CT molecular complexity index is 376. The fraction of sp³-hybridized carbons (Fsp3) is 0.500. The number of hydrogen-bond donors (Lipinski definition) is 1. The largest absolute Gasteiger partial charge is 0.496 e. The minimum absolute atomic E-state index is 0.261. The van der Waals surface area contributed by atoms with Crippen molar-refractivity contribution < 1.29 is 13.9 Å². The van der Waals surface area contributed by atoms with Crippen LogP contribution in [-0.4, -0.2) is 26.8 Å². The van der Waals surface area contributed by atoms with Crippen LogP contribution in [0.4, 0.5) is 4.39 Å². The van der Waals surface area contributed by atoms with E-state index in [1.807, 2.05) is 6.92 Å². The molecule has 1 aromatic rings. The van der Waals surface area contributed by atoms with Crippen LogP contribution in [0.15, 0.2) is 12.1 Å². The zero-order valence-electron chi connectivity index (χ0n) is 9.55. The second-order valence-corrected chi connectivity index (χ2v) is 3.87. The van der Waals surface area contributed by atoms with Gasteiger partial charge in [0.05, 0.1) is 19.3 Å². The van der Waals surface area contributed by atoms with Crippen molar-refractivity contribution in [1.82, 2.24) is 5.32 Å². The van der Waals surface area contributed by atoms with Gasteiger partial charge in [0.1, 0.15) is 17.7 Å². The molecule has 1 aliphatic heterocycles. The third kappa shape index (κ3) is 2.03. The van der Waals surface area contributed by atoms with Crippen LogP contribution in [0.3, 0.4) is 0 Å². The van der Waals surface area contributed by atoms with Crippen LogP contribution >= 0.6 is 0 Å². The second kappa shape index (κ2) is 4.80. The standard InChI is InChI=1S/C12H16FNO2/c1-8-3-4-9(13)11(12(8)15-2)10-7-14-5-6-16-10/h3-4,10,14H,5-7H2,1-2H3. The summed E-state index contributed by atoms with van der Waals surface area (Å²) < 4.78 is 24.6. The minimum atomic E-state index is -0.267. The van der Waals surface area contributed by atoms with Gasteiger partial charge in [-0.25, -0.2) is 4.39 Å². The van der Waals surface area contributed by atoms with Crippen molar-refractivity contribution >= 4 is 0 Å². The Labute approximate surface area is 94.6 Å². The van der Waals surface area contributed by atoms with Gasteiger partial charge in [-0.15, -0.1) is 0 Å². The van der Waals surface area contributed by atoms with Gasteiger partial charge in [0, 0.05) is 13.1 Å². The molecule has 0 radical (unpaired) electrons. The molecule has 2 rings (SSSR count). The summed E-state index contributed by atoms with van der Waals surface area (Å²) in [5.41, 5.74) is 1.45. The molecule has 0 aliphatic carbocycles. The third-order valence-electron chi connectivity index (χ3n) is 2.79. The summed E-state index contributed by atoms with van der Waals surface area (Å²) in [5.74, 6) is 0.324. The fourth-order valence-corrected chi connectivity index (χ4v) is 2.01. The number of morpholine rings is 1. The summed E-state index contributed by atoms with van der Waals surface area (Å²) in [6.07, 6.45) is -0.261. The van der Waals surface area contributed by atoms with E-state index in [1.54, 1.807) is 13.2 Å². The smallest absolute Gasteiger partial charge is 0.132 e. The monoisotopic (exact) mass is 225 g/mol. The molecule has 4 heteroatoms. The molecule has 1 heterocycles. The first kappa shape index (κ1) is 11.4. The zero-order valence-corrected chi connectivity index (χ0v) is 9.55. The van der Waals surface area contributed by atoms with Crippen molar-refractivity contribution in [3.8, 4) is 5.75 Å². The van der Waals surface area contributed by atoms with E-state index in [0.717, 1.165) is 12.1 Å². The number of rotatable bonds is 2. The van der Waals surface area contributed by atoms with Crippen molar-refractivity contribution in [2.24, 2.45) is 0 Å². The quantitative estimate of drug-likeness (QED) is 0.832. The van der Waals surface area contributed by atoms with Crippen LogP contribution in [0.5, 0.6) is 5.75 Å². The van der Waals surface area contributed by atoms with E-state index >= 15 is 0 Å². The number of nitrogens with one attached hydrogen (secondary N) is 1. The SMILES string of the molecule is COc1c(C)ccc(F)c1C1CNCCO1. The van der Waals surface area contributed by atoms with Crippen molar-refractivity contribution in [3.63, 3.8) is 0 Å². The van der Waals surface area contributed by atoms with Gasteiger partial charge in [-0.2, -0.15) is 0 Å². The average molecular weight is 225 g/mol. The topological polar surface area (TPSA) is 30.5 Å². The van der Waals surface area contributed by atoms with Crippen LogP contribution in [0.25, 0.3) is 0 Å². The molecule has 1 atom stereocenters. The number of halogens is 1. The number of ether oxygens (including phenoxy) is 2. The van der Waals surface area contributed by atoms with Gasteiger partial charge in [-0.3, -0.25) is 0 Å². The van der Waals surface area contributed by atoms with E-state index in [4.69, 9.17) is 9.47 Å². The molecule has 1 aromatic carbocycles. The molecular weight excluding hydrogens is 209 g/mol. The summed E-state index contributed by atoms with van der Waals surface area (Å²) in [4.78, 5) is 0. The predicted octanol–water partition coefficient (Wildman–Crippen LogP) is 1.80. The highest BCUT2D eigenvalue weighted by molar-refractivity contribution is 5.43. The van der Waals surface area contributed by atoms with E-state index in [2.05, 4.69) is 5.32 Å². The van der Waals surface area contributed by atoms with E-state index in [-0.39, 0.29) is 11.9 Å². The maximum Gasteiger partial charge on any atom is 0.132 e. The van der Waals surface area contributed by atoms with Crippen LogP contribution in [0, 0.1) is 12.7 Å². The van der Waals surface area contributed by atoms with E-state index in [1.165, 1.54) is 6.07 Å². The molecular formula is C12H16FNO2. The van der Waals surface area contributed by atoms with Gasteiger partial charge in [0.15, 0.2) is 0 Å². The molecule has 0 spiro atoms. The maximum absolute atomic E-state index is 13.8. The van der Waals surface area contributed by atoms with Gasteiger partial charge in [0.2, 0.25) is 0 Å². The number of methoxy groups -OCH3 is 1. The highest BCUT2D eigenvalue weighted by atomic mass is 19.1. The van der Waals surface area contributed by atoms with Crippen molar-refractivity contribution in [1.29, 1.82) is 0 Å². The zero-order chi connectivity index (χ0) is 11.5. The summed E-state index contributed by atoms with van der Waals surface area (Å²) in [6.45, 7) is 3.93. The lowest BCUT2D eigenvalue weighted by Gasteiger charge is -2.26. The normalized spacial score (nSPS) is 20.8. The van der Waals surface area contributed by atoms with Crippen molar-refractivity contribution in [3.05, 3.63) is 29.1 Å². The summed E-state index contributed by atoms with van der Waals surface area (Å²) >= 11 is 0. The van der Waals surface area contributed by atoms with E-state index < -0.39 is 0 Å². The number of hydrogen-bond acceptors (Lipinski definition) is 3. The summed E-state index contributed by atoms with van der Waals surface area (Å²) in [6, 6.07) is 3.18. The van der Waals surface area contributed by atoms with E-state index in [0.29, 0.717) is 24.5 Å². The lowest BCUT2D eigenvalue weighted by Crippen LogP contribution is -2.34. The fourth-order valence-electron chi connectivity index (χ4n) is 2.01. The Kier molecular flexibility index (Phi) is 3.41. The predicted molar refractivity (Wildman–Crippen MR) is 59.3 cm³/mol. The van der Waals surface area contributed by atoms with Crippen LogP contribution in [0.2, 0.25) is 0 Å². The van der Waals surface area contributed by atoms with E-state index in [9.17, 15) is 4.39 Å². The first-order valence-corrected chi connectivity index (χ1v) is 5.39. The average Bonchev–Trinajstić information content (AvgIpc) is 2.33. The van der Waals surface area contributed by atoms with Gasteiger partial charge in [-0.1, -0.05) is 6.07 Å². The lowest BCUT2D eigenvalue weighted by atomic mass is 10.0. The van der Waals surface area contributed by atoms with Gasteiger partial charge in [-0.05, 0) is 18.6 Å². The number of benzene rings is 1. The molecule has 1 fully saturated rings. The summed E-state index contributed by atoms with van der Waals surface area (Å²) in [5, 5.41) is 3.18. The molecule has 3 nitrogen and oxygen atoms in total. The second-order valence-electron chi connectivity index (χ2n) is 3.87. The molecule has 88 valence electrons. The van der Waals surface area contributed by atoms with Gasteiger partial charge >= 0.3 is 0 Å². The van der Waals surface area contributed by atoms with Crippen LogP contribution < -0.4 is 10.1 Å². The molecule has 0 saturated carbocycles. The highest BCUT2D eigenvalue weighted by Crippen LogP contribution is 2.33. The first-order chi connectivity index (χ1) is 7.74. The third-order valence-corrected chi connectivity index (χ3v) is 2.79. The Morgan fingerprint density at radius 1 is 1.50 bits per heavy atom. The Morgan fingerprint density at radius 3 is 2.94 bits per heavy atom. The molecule has 1 unspecified atom stereocenters. The van der Waals surface area contributed by atoms with Gasteiger partial charge < -0.3 is 14.8 Å². The molecule has 1 saturated heterocycles. The number of aryl methyl sites for hydroxylation is 1. The Morgan fingerprint density at radius 2 is 2.31 bits per heavy atom. The molecule has 1 N–H and O–H groups in total. The molecule has 16 heavy (non-hydrogen) atoms. The Hall–Kier alpha value is -1.13. The maximum atomic E-state index is 13.8. The molecule has 1 aliphatic rings. The van der Waals surface area contributed by atoms with Crippen LogP contribution in [-0.2, 0) is 4.74 Å². The lowest BCUT2D eigenvalue weighted by molar-refractivity contribution is 0.0239.